The van der Waals surface area contributed by atoms with Gasteiger partial charge in [0, 0.05) is 30.2 Å². The SMILES string of the molecule is COc1ccc(S(=O)(=O)N(c2nccs2)S(=O)(=O)c2ccc(N3CCC(O)C3=O)cc2)cc1. The standard InChI is InChI=1S/C20H19N3O7S3/c1-30-15-4-8-17(9-5-15)33(28,29)23(20-21-11-13-31-20)32(26,27)16-6-2-14(3-7-16)22-12-10-18(24)19(22)25/h2-9,11,13,18,24H,10,12H2,1H3. The molecule has 3 aromatic rings. The summed E-state index contributed by atoms with van der Waals surface area (Å²) in [6.07, 6.45) is 0.486. The first-order chi connectivity index (χ1) is 15.7. The topological polar surface area (TPSA) is 134 Å². The van der Waals surface area contributed by atoms with Crippen molar-refractivity contribution in [2.75, 3.05) is 22.3 Å². The number of ether oxygens (including phenoxy) is 1. The molecule has 1 fully saturated rings. The van der Waals surface area contributed by atoms with Crippen LogP contribution in [-0.4, -0.2) is 52.6 Å². The van der Waals surface area contributed by atoms with Crippen molar-refractivity contribution in [2.45, 2.75) is 22.3 Å². The number of rotatable bonds is 7. The Morgan fingerprint density at radius 3 is 2.06 bits per heavy atom. The molecule has 0 spiro atoms. The number of aliphatic hydroxyl groups excluding tert-OH is 1. The van der Waals surface area contributed by atoms with E-state index >= 15 is 0 Å². The van der Waals surface area contributed by atoms with E-state index in [9.17, 15) is 26.7 Å². The van der Waals surface area contributed by atoms with Crippen LogP contribution < -0.4 is 13.3 Å². The Bertz CT molecular complexity index is 1360. The Morgan fingerprint density at radius 1 is 1.03 bits per heavy atom. The van der Waals surface area contributed by atoms with Gasteiger partial charge in [-0.3, -0.25) is 4.79 Å². The molecular formula is C20H19N3O7S3. The highest BCUT2D eigenvalue weighted by Crippen LogP contribution is 2.33. The maximum Gasteiger partial charge on any atom is 0.279 e. The lowest BCUT2D eigenvalue weighted by atomic mass is 10.3. The molecule has 1 aliphatic heterocycles. The smallest absolute Gasteiger partial charge is 0.279 e. The molecule has 0 radical (unpaired) electrons. The first-order valence-corrected chi connectivity index (χ1v) is 13.4. The first kappa shape index (κ1) is 23.2. The Labute approximate surface area is 194 Å². The fraction of sp³-hybridized carbons (Fsp3) is 0.200. The monoisotopic (exact) mass is 509 g/mol. The maximum absolute atomic E-state index is 13.5. The molecule has 10 nitrogen and oxygen atoms in total. The quantitative estimate of drug-likeness (QED) is 0.510. The van der Waals surface area contributed by atoms with Crippen LogP contribution in [0.15, 0.2) is 69.9 Å². The largest absolute Gasteiger partial charge is 0.497 e. The fourth-order valence-corrected chi connectivity index (χ4v) is 8.00. The number of carbonyl (C=O) groups excluding carboxylic acids is 1. The van der Waals surface area contributed by atoms with Gasteiger partial charge in [-0.1, -0.05) is 0 Å². The summed E-state index contributed by atoms with van der Waals surface area (Å²) in [5, 5.41) is 10.9. The molecule has 0 aliphatic carbocycles. The molecule has 1 saturated heterocycles. The highest BCUT2D eigenvalue weighted by atomic mass is 32.3. The number of methoxy groups -OCH3 is 1. The number of thiazole rings is 1. The summed E-state index contributed by atoms with van der Waals surface area (Å²) in [4.78, 5) is 16.7. The van der Waals surface area contributed by atoms with Crippen LogP contribution >= 0.6 is 11.3 Å². The molecule has 2 aromatic carbocycles. The van der Waals surface area contributed by atoms with E-state index in [-0.39, 0.29) is 21.3 Å². The molecule has 1 atom stereocenters. The summed E-state index contributed by atoms with van der Waals surface area (Å²) < 4.78 is 59.1. The second-order valence-corrected chi connectivity index (χ2v) is 11.7. The molecule has 1 unspecified atom stereocenters. The van der Waals surface area contributed by atoms with Gasteiger partial charge in [-0.25, -0.2) is 4.98 Å². The van der Waals surface area contributed by atoms with Crippen LogP contribution in [0.4, 0.5) is 10.8 Å². The van der Waals surface area contributed by atoms with Gasteiger partial charge in [0.05, 0.1) is 16.9 Å². The lowest BCUT2D eigenvalue weighted by Crippen LogP contribution is -2.37. The molecule has 2 heterocycles. The number of amides is 1. The molecule has 1 N–H and O–H groups in total. The molecule has 1 aliphatic rings. The predicted molar refractivity (Wildman–Crippen MR) is 121 cm³/mol. The summed E-state index contributed by atoms with van der Waals surface area (Å²) in [6, 6.07) is 10.5. The lowest BCUT2D eigenvalue weighted by Gasteiger charge is -2.22. The number of hydrogen-bond acceptors (Lipinski definition) is 9. The third-order valence-electron chi connectivity index (χ3n) is 4.99. The van der Waals surface area contributed by atoms with Crippen molar-refractivity contribution in [3.63, 3.8) is 0 Å². The van der Waals surface area contributed by atoms with Crippen LogP contribution in [0.3, 0.4) is 0 Å². The maximum atomic E-state index is 13.5. The zero-order valence-corrected chi connectivity index (χ0v) is 19.7. The van der Waals surface area contributed by atoms with Gasteiger partial charge >= 0.3 is 0 Å². The zero-order valence-electron chi connectivity index (χ0n) is 17.2. The van der Waals surface area contributed by atoms with Crippen molar-refractivity contribution in [2.24, 2.45) is 0 Å². The van der Waals surface area contributed by atoms with Gasteiger partial charge in [-0.05, 0) is 48.5 Å². The fourth-order valence-electron chi connectivity index (χ4n) is 3.30. The number of anilines is 2. The highest BCUT2D eigenvalue weighted by molar-refractivity contribution is 8.10. The van der Waals surface area contributed by atoms with Crippen LogP contribution in [0.2, 0.25) is 0 Å². The molecule has 1 amide bonds. The van der Waals surface area contributed by atoms with Crippen molar-refractivity contribution in [1.82, 2.24) is 4.98 Å². The predicted octanol–water partition coefficient (Wildman–Crippen LogP) is 1.83. The number of sulfonamides is 2. The second kappa shape index (κ2) is 8.74. The summed E-state index contributed by atoms with van der Waals surface area (Å²) in [6.45, 7) is 0.295. The van der Waals surface area contributed by atoms with Crippen LogP contribution in [0, 0.1) is 0 Å². The number of nitrogens with zero attached hydrogens (tertiary/aromatic N) is 3. The lowest BCUT2D eigenvalue weighted by molar-refractivity contribution is -0.123. The summed E-state index contributed by atoms with van der Waals surface area (Å²) in [7, 11) is -7.73. The number of aromatic nitrogens is 1. The van der Waals surface area contributed by atoms with E-state index in [1.54, 1.807) is 0 Å². The van der Waals surface area contributed by atoms with E-state index < -0.39 is 32.1 Å². The number of benzene rings is 2. The minimum absolute atomic E-state index is 0.243. The van der Waals surface area contributed by atoms with Crippen LogP contribution in [0.25, 0.3) is 0 Å². The van der Waals surface area contributed by atoms with Gasteiger partial charge < -0.3 is 14.7 Å². The normalized spacial score (nSPS) is 16.7. The first-order valence-electron chi connectivity index (χ1n) is 9.60. The van der Waals surface area contributed by atoms with Crippen molar-refractivity contribution >= 4 is 48.1 Å². The Kier molecular flexibility index (Phi) is 6.14. The van der Waals surface area contributed by atoms with Gasteiger partial charge in [0.15, 0.2) is 0 Å². The molecular weight excluding hydrogens is 490 g/mol. The molecule has 0 saturated carbocycles. The average Bonchev–Trinajstić information content (AvgIpc) is 3.44. The van der Waals surface area contributed by atoms with Crippen molar-refractivity contribution in [1.29, 1.82) is 0 Å². The third kappa shape index (κ3) is 4.19. The van der Waals surface area contributed by atoms with Gasteiger partial charge in [-0.15, -0.1) is 15.0 Å². The molecule has 13 heteroatoms. The van der Waals surface area contributed by atoms with Crippen LogP contribution in [-0.2, 0) is 24.8 Å². The van der Waals surface area contributed by atoms with E-state index in [1.807, 2.05) is 0 Å². The number of carbonyl (C=O) groups is 1. The van der Waals surface area contributed by atoms with Crippen molar-refractivity contribution < 1.29 is 31.5 Å². The van der Waals surface area contributed by atoms with Crippen LogP contribution in [0.1, 0.15) is 6.42 Å². The summed E-state index contributed by atoms with van der Waals surface area (Å²) in [5.74, 6) is -0.0631. The van der Waals surface area contributed by atoms with E-state index in [4.69, 9.17) is 4.74 Å². The molecule has 1 aromatic heterocycles. The van der Waals surface area contributed by atoms with Gasteiger partial charge in [-0.2, -0.15) is 16.8 Å². The highest BCUT2D eigenvalue weighted by Gasteiger charge is 2.39. The Balaban J connectivity index is 1.75. The minimum atomic E-state index is -4.60. The Morgan fingerprint density at radius 2 is 1.61 bits per heavy atom. The van der Waals surface area contributed by atoms with E-state index in [0.717, 1.165) is 11.3 Å². The summed E-state index contributed by atoms with van der Waals surface area (Å²) >= 11 is 0.857. The van der Waals surface area contributed by atoms with Crippen molar-refractivity contribution in [3.05, 3.63) is 60.1 Å². The zero-order chi connectivity index (χ0) is 23.8. The average molecular weight is 510 g/mol. The van der Waals surface area contributed by atoms with E-state index in [1.165, 1.54) is 72.1 Å². The van der Waals surface area contributed by atoms with Gasteiger partial charge in [0.1, 0.15) is 11.9 Å². The van der Waals surface area contributed by atoms with E-state index in [0.29, 0.717) is 21.7 Å². The molecule has 174 valence electrons. The third-order valence-corrected chi connectivity index (χ3v) is 10.1. The minimum Gasteiger partial charge on any atom is -0.497 e. The Hall–Kier alpha value is -3.00. The summed E-state index contributed by atoms with van der Waals surface area (Å²) in [5.41, 5.74) is 0.398. The van der Waals surface area contributed by atoms with Gasteiger partial charge in [0.25, 0.3) is 26.0 Å². The number of aliphatic hydroxyl groups is 1. The second-order valence-electron chi connectivity index (χ2n) is 6.99. The number of hydrogen-bond donors (Lipinski definition) is 1. The van der Waals surface area contributed by atoms with Gasteiger partial charge in [0.2, 0.25) is 5.13 Å². The van der Waals surface area contributed by atoms with Crippen LogP contribution in [0.5, 0.6) is 5.75 Å². The molecule has 33 heavy (non-hydrogen) atoms. The van der Waals surface area contributed by atoms with E-state index in [2.05, 4.69) is 4.98 Å². The molecule has 0 bridgehead atoms. The van der Waals surface area contributed by atoms with Crippen molar-refractivity contribution in [3.8, 4) is 5.75 Å². The molecule has 4 rings (SSSR count).